The van der Waals surface area contributed by atoms with Gasteiger partial charge in [0.05, 0.1) is 13.2 Å². The zero-order valence-electron chi connectivity index (χ0n) is 16.8. The number of aliphatic imine (C=N–C) groups is 1. The predicted octanol–water partition coefficient (Wildman–Crippen LogP) is 2.67. The molecule has 8 heteroatoms. The molecule has 0 unspecified atom stereocenters. The van der Waals surface area contributed by atoms with Crippen molar-refractivity contribution in [1.82, 2.24) is 10.6 Å². The van der Waals surface area contributed by atoms with Crippen LogP contribution in [0.4, 0.5) is 0 Å². The van der Waals surface area contributed by atoms with Crippen molar-refractivity contribution in [2.75, 3.05) is 52.9 Å². The van der Waals surface area contributed by atoms with Crippen LogP contribution in [0.5, 0.6) is 11.5 Å². The van der Waals surface area contributed by atoms with E-state index in [1.807, 2.05) is 13.0 Å². The van der Waals surface area contributed by atoms with Gasteiger partial charge in [0.15, 0.2) is 17.5 Å². The molecular weight excluding hydrogens is 473 g/mol. The molecule has 0 bridgehead atoms. The average molecular weight is 505 g/mol. The number of guanidine groups is 1. The number of hydrogen-bond acceptors (Lipinski definition) is 5. The molecule has 3 rings (SSSR count). The van der Waals surface area contributed by atoms with Crippen molar-refractivity contribution in [3.63, 3.8) is 0 Å². The lowest BCUT2D eigenvalue weighted by atomic mass is 9.74. The minimum absolute atomic E-state index is 0. The molecule has 0 saturated carbocycles. The van der Waals surface area contributed by atoms with Crippen LogP contribution in [0, 0.1) is 0 Å². The van der Waals surface area contributed by atoms with Gasteiger partial charge in [0.25, 0.3) is 0 Å². The van der Waals surface area contributed by atoms with Crippen LogP contribution in [-0.2, 0) is 14.9 Å². The molecule has 158 valence electrons. The molecule has 2 aliphatic rings. The molecule has 0 amide bonds. The highest BCUT2D eigenvalue weighted by Gasteiger charge is 2.35. The third kappa shape index (κ3) is 5.87. The summed E-state index contributed by atoms with van der Waals surface area (Å²) in [6, 6.07) is 6.26. The van der Waals surface area contributed by atoms with E-state index in [4.69, 9.17) is 23.9 Å². The van der Waals surface area contributed by atoms with E-state index in [1.165, 1.54) is 5.56 Å². The van der Waals surface area contributed by atoms with Crippen molar-refractivity contribution in [2.24, 2.45) is 4.99 Å². The van der Waals surface area contributed by atoms with Crippen LogP contribution in [0.2, 0.25) is 0 Å². The highest BCUT2D eigenvalue weighted by molar-refractivity contribution is 14.0. The number of halogens is 1. The zero-order chi connectivity index (χ0) is 19.0. The van der Waals surface area contributed by atoms with Gasteiger partial charge < -0.3 is 29.6 Å². The van der Waals surface area contributed by atoms with Crippen LogP contribution in [0.15, 0.2) is 23.2 Å². The molecule has 7 nitrogen and oxygen atoms in total. The maximum Gasteiger partial charge on any atom is 0.231 e. The number of ether oxygens (including phenoxy) is 4. The number of fused-ring (bicyclic) bond motifs is 1. The summed E-state index contributed by atoms with van der Waals surface area (Å²) in [4.78, 5) is 4.89. The number of benzene rings is 1. The van der Waals surface area contributed by atoms with Crippen LogP contribution in [-0.4, -0.2) is 58.8 Å². The van der Waals surface area contributed by atoms with E-state index in [9.17, 15) is 0 Å². The molecule has 0 atom stereocenters. The summed E-state index contributed by atoms with van der Waals surface area (Å²) >= 11 is 0. The number of nitrogens with zero attached hydrogens (tertiary/aromatic N) is 1. The zero-order valence-corrected chi connectivity index (χ0v) is 19.1. The first-order valence-corrected chi connectivity index (χ1v) is 9.85. The normalized spacial score (nSPS) is 17.7. The summed E-state index contributed by atoms with van der Waals surface area (Å²) in [7, 11) is 0. The quantitative estimate of drug-likeness (QED) is 0.245. The SMILES string of the molecule is CCNC(=NCC1(c2ccc3c(c2)OCO3)CCOCC1)NCCOCC.I. The Bertz CT molecular complexity index is 636. The first kappa shape index (κ1) is 23.0. The third-order valence-corrected chi connectivity index (χ3v) is 5.06. The lowest BCUT2D eigenvalue weighted by Gasteiger charge is -2.36. The topological polar surface area (TPSA) is 73.3 Å². The van der Waals surface area contributed by atoms with Crippen molar-refractivity contribution < 1.29 is 18.9 Å². The Morgan fingerprint density at radius 3 is 2.68 bits per heavy atom. The molecule has 1 saturated heterocycles. The summed E-state index contributed by atoms with van der Waals surface area (Å²) in [6.45, 7) is 9.50. The Kier molecular flexibility index (Phi) is 9.60. The number of hydrogen-bond donors (Lipinski definition) is 2. The van der Waals surface area contributed by atoms with E-state index < -0.39 is 0 Å². The highest BCUT2D eigenvalue weighted by Crippen LogP contribution is 2.41. The molecule has 0 aromatic heterocycles. The van der Waals surface area contributed by atoms with E-state index in [1.54, 1.807) is 0 Å². The number of nitrogens with one attached hydrogen (secondary N) is 2. The summed E-state index contributed by atoms with van der Waals surface area (Å²) in [5.74, 6) is 2.46. The van der Waals surface area contributed by atoms with Gasteiger partial charge in [-0.3, -0.25) is 4.99 Å². The number of rotatable bonds is 8. The van der Waals surface area contributed by atoms with E-state index in [0.29, 0.717) is 19.9 Å². The minimum Gasteiger partial charge on any atom is -0.454 e. The average Bonchev–Trinajstić information content (AvgIpc) is 3.18. The smallest absolute Gasteiger partial charge is 0.231 e. The van der Waals surface area contributed by atoms with Gasteiger partial charge in [-0.2, -0.15) is 0 Å². The van der Waals surface area contributed by atoms with Crippen molar-refractivity contribution in [2.45, 2.75) is 32.1 Å². The van der Waals surface area contributed by atoms with Crippen LogP contribution >= 0.6 is 24.0 Å². The standard InChI is InChI=1S/C20H31N3O4.HI/c1-3-21-19(22-9-12-24-4-2)23-14-20(7-10-25-11-8-20)16-5-6-17-18(13-16)27-15-26-17;/h5-6,13H,3-4,7-12,14-15H2,1-2H3,(H2,21,22,23);1H. The van der Waals surface area contributed by atoms with Gasteiger partial charge in [-0.15, -0.1) is 24.0 Å². The summed E-state index contributed by atoms with van der Waals surface area (Å²) in [6.07, 6.45) is 1.88. The molecule has 1 aromatic carbocycles. The van der Waals surface area contributed by atoms with E-state index in [-0.39, 0.29) is 29.4 Å². The highest BCUT2D eigenvalue weighted by atomic mass is 127. The second kappa shape index (κ2) is 11.7. The predicted molar refractivity (Wildman–Crippen MR) is 120 cm³/mol. The van der Waals surface area contributed by atoms with Crippen molar-refractivity contribution in [3.05, 3.63) is 23.8 Å². The van der Waals surface area contributed by atoms with Gasteiger partial charge in [0.2, 0.25) is 6.79 Å². The first-order valence-electron chi connectivity index (χ1n) is 9.85. The largest absolute Gasteiger partial charge is 0.454 e. The molecule has 28 heavy (non-hydrogen) atoms. The monoisotopic (exact) mass is 505 g/mol. The van der Waals surface area contributed by atoms with Gasteiger partial charge in [-0.25, -0.2) is 0 Å². The summed E-state index contributed by atoms with van der Waals surface area (Å²) in [5, 5.41) is 6.66. The maximum absolute atomic E-state index is 5.63. The minimum atomic E-state index is -0.0541. The van der Waals surface area contributed by atoms with Crippen LogP contribution in [0.25, 0.3) is 0 Å². The van der Waals surface area contributed by atoms with Gasteiger partial charge >= 0.3 is 0 Å². The molecule has 1 aromatic rings. The molecule has 0 aliphatic carbocycles. The second-order valence-corrected chi connectivity index (χ2v) is 6.78. The van der Waals surface area contributed by atoms with Gasteiger partial charge in [-0.05, 0) is 44.4 Å². The fraction of sp³-hybridized carbons (Fsp3) is 0.650. The summed E-state index contributed by atoms with van der Waals surface area (Å²) in [5.41, 5.74) is 1.19. The second-order valence-electron chi connectivity index (χ2n) is 6.78. The fourth-order valence-electron chi connectivity index (χ4n) is 3.48. The lowest BCUT2D eigenvalue weighted by Crippen LogP contribution is -2.42. The Labute approximate surface area is 184 Å². The van der Waals surface area contributed by atoms with Crippen molar-refractivity contribution in [3.8, 4) is 11.5 Å². The lowest BCUT2D eigenvalue weighted by molar-refractivity contribution is 0.0530. The molecule has 0 spiro atoms. The summed E-state index contributed by atoms with van der Waals surface area (Å²) < 4.78 is 22.1. The van der Waals surface area contributed by atoms with Gasteiger partial charge in [0, 0.05) is 38.3 Å². The Hall–Kier alpha value is -1.26. The first-order chi connectivity index (χ1) is 13.3. The van der Waals surface area contributed by atoms with E-state index in [0.717, 1.165) is 63.2 Å². The fourth-order valence-corrected chi connectivity index (χ4v) is 3.48. The molecular formula is C20H32IN3O4. The molecule has 2 heterocycles. The Morgan fingerprint density at radius 1 is 1.14 bits per heavy atom. The van der Waals surface area contributed by atoms with Crippen LogP contribution < -0.4 is 20.1 Å². The molecule has 2 aliphatic heterocycles. The van der Waals surface area contributed by atoms with E-state index in [2.05, 4.69) is 29.7 Å². The Balaban J connectivity index is 0.00000280. The van der Waals surface area contributed by atoms with Crippen molar-refractivity contribution >= 4 is 29.9 Å². The van der Waals surface area contributed by atoms with E-state index >= 15 is 0 Å². The van der Waals surface area contributed by atoms with Crippen LogP contribution in [0.3, 0.4) is 0 Å². The maximum atomic E-state index is 5.63. The molecule has 2 N–H and O–H groups in total. The Morgan fingerprint density at radius 2 is 1.93 bits per heavy atom. The van der Waals surface area contributed by atoms with Crippen LogP contribution in [0.1, 0.15) is 32.3 Å². The van der Waals surface area contributed by atoms with Gasteiger partial charge in [-0.1, -0.05) is 6.07 Å². The van der Waals surface area contributed by atoms with Crippen molar-refractivity contribution in [1.29, 1.82) is 0 Å². The van der Waals surface area contributed by atoms with Gasteiger partial charge in [0.1, 0.15) is 0 Å². The third-order valence-electron chi connectivity index (χ3n) is 5.06. The molecule has 1 fully saturated rings. The molecule has 0 radical (unpaired) electrons.